The van der Waals surface area contributed by atoms with E-state index in [1.807, 2.05) is 0 Å². The molecule has 0 unspecified atom stereocenters. The van der Waals surface area contributed by atoms with Crippen molar-refractivity contribution in [1.82, 2.24) is 9.97 Å². The number of hydrogen-bond acceptors (Lipinski definition) is 5. The summed E-state index contributed by atoms with van der Waals surface area (Å²) in [5.41, 5.74) is 0.359. The van der Waals surface area contributed by atoms with E-state index in [2.05, 4.69) is 30.6 Å². The van der Waals surface area contributed by atoms with Crippen LogP contribution < -0.4 is 9.46 Å². The van der Waals surface area contributed by atoms with E-state index in [1.165, 1.54) is 24.5 Å². The molecule has 0 amide bonds. The number of halogens is 2. The highest BCUT2D eigenvalue weighted by atomic mass is 79.9. The highest BCUT2D eigenvalue weighted by Crippen LogP contribution is 2.27. The molecule has 2 rings (SSSR count). The van der Waals surface area contributed by atoms with Gasteiger partial charge >= 0.3 is 0 Å². The molecule has 0 atom stereocenters. The van der Waals surface area contributed by atoms with Gasteiger partial charge < -0.3 is 4.74 Å². The van der Waals surface area contributed by atoms with Crippen LogP contribution in [0.4, 0.5) is 5.69 Å². The zero-order chi connectivity index (χ0) is 16.3. The molecule has 0 aliphatic carbocycles. The Morgan fingerprint density at radius 3 is 2.68 bits per heavy atom. The number of hydrogen-bond donors (Lipinski definition) is 1. The summed E-state index contributed by atoms with van der Waals surface area (Å²) in [6.45, 7) is 3.56. The third-order valence-electron chi connectivity index (χ3n) is 2.40. The van der Waals surface area contributed by atoms with Crippen LogP contribution in [-0.4, -0.2) is 24.5 Å². The van der Waals surface area contributed by atoms with Gasteiger partial charge in [0.05, 0.1) is 16.8 Å². The van der Waals surface area contributed by atoms with Crippen molar-refractivity contribution in [2.24, 2.45) is 0 Å². The molecule has 0 spiro atoms. The summed E-state index contributed by atoms with van der Waals surface area (Å²) in [5.74, 6) is 0.0000202. The zero-order valence-electron chi connectivity index (χ0n) is 11.7. The standard InChI is InChI=1S/C13H13BrClN3O3S/c1-8(2)21-13-11(5-9(15)7-17-13)22(19,20)18-10-3-4-16-12(14)6-10/h3-8H,1-2H3,(H,16,18). The van der Waals surface area contributed by atoms with Crippen LogP contribution in [0.3, 0.4) is 0 Å². The predicted octanol–water partition coefficient (Wildman–Crippen LogP) is 3.48. The Labute approximate surface area is 142 Å². The molecule has 0 saturated carbocycles. The lowest BCUT2D eigenvalue weighted by Crippen LogP contribution is -2.17. The molecule has 2 aromatic heterocycles. The van der Waals surface area contributed by atoms with Crippen LogP contribution in [0.2, 0.25) is 5.02 Å². The Bertz CT molecular complexity index is 784. The van der Waals surface area contributed by atoms with Crippen molar-refractivity contribution in [1.29, 1.82) is 0 Å². The van der Waals surface area contributed by atoms with Gasteiger partial charge in [-0.15, -0.1) is 0 Å². The average molecular weight is 407 g/mol. The minimum absolute atomic E-state index is 0.0000202. The van der Waals surface area contributed by atoms with E-state index in [-0.39, 0.29) is 21.9 Å². The van der Waals surface area contributed by atoms with E-state index in [9.17, 15) is 8.42 Å². The second-order valence-corrected chi connectivity index (χ2v) is 7.50. The summed E-state index contributed by atoms with van der Waals surface area (Å²) in [4.78, 5) is 7.76. The van der Waals surface area contributed by atoms with Crippen LogP contribution in [0.1, 0.15) is 13.8 Å². The van der Waals surface area contributed by atoms with Crippen LogP contribution in [0.5, 0.6) is 5.88 Å². The monoisotopic (exact) mass is 405 g/mol. The molecule has 0 radical (unpaired) electrons. The van der Waals surface area contributed by atoms with Gasteiger partial charge in [0.2, 0.25) is 5.88 Å². The Kier molecular flexibility index (Phi) is 5.25. The molecule has 2 aromatic rings. The molecule has 2 heterocycles. The Hall–Kier alpha value is -1.38. The fourth-order valence-electron chi connectivity index (χ4n) is 1.59. The molecule has 0 aromatic carbocycles. The predicted molar refractivity (Wildman–Crippen MR) is 87.8 cm³/mol. The quantitative estimate of drug-likeness (QED) is 0.769. The second kappa shape index (κ2) is 6.80. The van der Waals surface area contributed by atoms with E-state index in [1.54, 1.807) is 19.9 Å². The summed E-state index contributed by atoms with van der Waals surface area (Å²) in [5, 5.41) is 0.201. The minimum Gasteiger partial charge on any atom is -0.474 e. The first-order valence-corrected chi connectivity index (χ1v) is 8.90. The molecule has 1 N–H and O–H groups in total. The molecule has 9 heteroatoms. The van der Waals surface area contributed by atoms with E-state index in [0.29, 0.717) is 10.3 Å². The number of rotatable bonds is 5. The third kappa shape index (κ3) is 4.31. The van der Waals surface area contributed by atoms with Crippen molar-refractivity contribution in [3.8, 4) is 5.88 Å². The van der Waals surface area contributed by atoms with Crippen LogP contribution >= 0.6 is 27.5 Å². The van der Waals surface area contributed by atoms with Gasteiger partial charge in [0.1, 0.15) is 4.60 Å². The third-order valence-corrected chi connectivity index (χ3v) is 4.42. The van der Waals surface area contributed by atoms with E-state index in [0.717, 1.165) is 0 Å². The van der Waals surface area contributed by atoms with E-state index in [4.69, 9.17) is 16.3 Å². The molecule has 0 saturated heterocycles. The van der Waals surface area contributed by atoms with E-state index < -0.39 is 10.0 Å². The molecule has 0 bridgehead atoms. The van der Waals surface area contributed by atoms with E-state index >= 15 is 0 Å². The van der Waals surface area contributed by atoms with Crippen LogP contribution in [0.15, 0.2) is 40.1 Å². The summed E-state index contributed by atoms with van der Waals surface area (Å²) in [7, 11) is -3.90. The van der Waals surface area contributed by atoms with Gasteiger partial charge in [-0.1, -0.05) is 11.6 Å². The lowest BCUT2D eigenvalue weighted by atomic mass is 10.4. The van der Waals surface area contributed by atoms with Gasteiger partial charge in [-0.2, -0.15) is 0 Å². The Morgan fingerprint density at radius 1 is 1.32 bits per heavy atom. The van der Waals surface area contributed by atoms with Gasteiger partial charge in [-0.05, 0) is 48.0 Å². The number of anilines is 1. The highest BCUT2D eigenvalue weighted by Gasteiger charge is 2.22. The van der Waals surface area contributed by atoms with Gasteiger partial charge in [-0.3, -0.25) is 4.72 Å². The van der Waals surface area contributed by atoms with Crippen molar-refractivity contribution in [3.63, 3.8) is 0 Å². The molecule has 6 nitrogen and oxygen atoms in total. The normalized spacial score (nSPS) is 11.5. The number of nitrogens with one attached hydrogen (secondary N) is 1. The lowest BCUT2D eigenvalue weighted by molar-refractivity contribution is 0.226. The van der Waals surface area contributed by atoms with Crippen molar-refractivity contribution in [3.05, 3.63) is 40.2 Å². The van der Waals surface area contributed by atoms with Crippen molar-refractivity contribution in [2.45, 2.75) is 24.8 Å². The number of nitrogens with zero attached hydrogens (tertiary/aromatic N) is 2. The van der Waals surface area contributed by atoms with Gasteiger partial charge in [-0.25, -0.2) is 18.4 Å². The Balaban J connectivity index is 2.42. The first-order chi connectivity index (χ1) is 10.3. The SMILES string of the molecule is CC(C)Oc1ncc(Cl)cc1S(=O)(=O)Nc1ccnc(Br)c1. The second-order valence-electron chi connectivity index (χ2n) is 4.60. The smallest absolute Gasteiger partial charge is 0.267 e. The first kappa shape index (κ1) is 17.0. The first-order valence-electron chi connectivity index (χ1n) is 6.24. The molecule has 22 heavy (non-hydrogen) atoms. The summed E-state index contributed by atoms with van der Waals surface area (Å²) in [6.07, 6.45) is 2.59. The highest BCUT2D eigenvalue weighted by molar-refractivity contribution is 9.10. The molecular formula is C13H13BrClN3O3S. The number of pyridine rings is 2. The number of sulfonamides is 1. The summed E-state index contributed by atoms with van der Waals surface area (Å²) in [6, 6.07) is 4.37. The molecular weight excluding hydrogens is 394 g/mol. The van der Waals surface area contributed by atoms with Crippen LogP contribution in [0, 0.1) is 0 Å². The lowest BCUT2D eigenvalue weighted by Gasteiger charge is -2.14. The summed E-state index contributed by atoms with van der Waals surface area (Å²) >= 11 is 9.04. The van der Waals surface area contributed by atoms with Gasteiger partial charge in [0.25, 0.3) is 10.0 Å². The van der Waals surface area contributed by atoms with Crippen LogP contribution in [-0.2, 0) is 10.0 Å². The number of ether oxygens (including phenoxy) is 1. The number of aromatic nitrogens is 2. The van der Waals surface area contributed by atoms with Gasteiger partial charge in [0.15, 0.2) is 4.90 Å². The molecule has 0 aliphatic rings. The zero-order valence-corrected chi connectivity index (χ0v) is 14.9. The molecule has 0 aliphatic heterocycles. The maximum Gasteiger partial charge on any atom is 0.267 e. The maximum absolute atomic E-state index is 12.5. The fourth-order valence-corrected chi connectivity index (χ4v) is 3.34. The fraction of sp³-hybridized carbons (Fsp3) is 0.231. The van der Waals surface area contributed by atoms with Gasteiger partial charge in [0, 0.05) is 12.4 Å². The largest absolute Gasteiger partial charge is 0.474 e. The van der Waals surface area contributed by atoms with Crippen LogP contribution in [0.25, 0.3) is 0 Å². The minimum atomic E-state index is -3.90. The Morgan fingerprint density at radius 2 is 2.05 bits per heavy atom. The molecule has 118 valence electrons. The summed E-state index contributed by atoms with van der Waals surface area (Å²) < 4.78 is 33.5. The average Bonchev–Trinajstić information content (AvgIpc) is 2.39. The maximum atomic E-state index is 12.5. The van der Waals surface area contributed by atoms with Crippen molar-refractivity contribution < 1.29 is 13.2 Å². The van der Waals surface area contributed by atoms with Crippen molar-refractivity contribution >= 4 is 43.2 Å². The van der Waals surface area contributed by atoms with Crippen molar-refractivity contribution in [2.75, 3.05) is 4.72 Å². The molecule has 0 fully saturated rings. The topological polar surface area (TPSA) is 81.2 Å².